The van der Waals surface area contributed by atoms with E-state index >= 15 is 0 Å². The summed E-state index contributed by atoms with van der Waals surface area (Å²) in [6.45, 7) is 8.12. The fourth-order valence-corrected chi connectivity index (χ4v) is 4.88. The van der Waals surface area contributed by atoms with Gasteiger partial charge in [-0.2, -0.15) is 9.61 Å². The van der Waals surface area contributed by atoms with Crippen LogP contribution in [0.4, 0.5) is 0 Å². The molecule has 0 unspecified atom stereocenters. The lowest BCUT2D eigenvalue weighted by Crippen LogP contribution is -3.15. The van der Waals surface area contributed by atoms with Gasteiger partial charge in [0.1, 0.15) is 36.5 Å². The van der Waals surface area contributed by atoms with Gasteiger partial charge in [-0.3, -0.25) is 0 Å². The Morgan fingerprint density at radius 3 is 2.56 bits per heavy atom. The molecule has 2 aromatic heterocycles. The smallest absolute Gasteiger partial charge is 0.235 e. The number of aromatic nitrogens is 3. The van der Waals surface area contributed by atoms with Crippen molar-refractivity contribution in [2.75, 3.05) is 13.1 Å². The average Bonchev–Trinajstić information content (AvgIpc) is 3.13. The Morgan fingerprint density at radius 1 is 1.24 bits per heavy atom. The highest BCUT2D eigenvalue weighted by atomic mass is 32.1. The third-order valence-corrected chi connectivity index (χ3v) is 5.88. The molecule has 0 amide bonds. The van der Waals surface area contributed by atoms with Crippen LogP contribution in [0.1, 0.15) is 35.9 Å². The van der Waals surface area contributed by atoms with Gasteiger partial charge in [-0.1, -0.05) is 41.2 Å². The maximum Gasteiger partial charge on any atom is 0.235 e. The van der Waals surface area contributed by atoms with E-state index < -0.39 is 0 Å². The molecule has 0 radical (unpaired) electrons. The summed E-state index contributed by atoms with van der Waals surface area (Å²) in [6, 6.07) is 8.62. The van der Waals surface area contributed by atoms with E-state index in [0.717, 1.165) is 22.9 Å². The van der Waals surface area contributed by atoms with Crippen LogP contribution in [0.3, 0.4) is 0 Å². The number of nitrogens with zero attached hydrogens (tertiary/aromatic N) is 3. The first-order valence-electron chi connectivity index (χ1n) is 8.61. The quantitative estimate of drug-likeness (QED) is 0.745. The fraction of sp³-hybridized carbons (Fsp3) is 0.444. The van der Waals surface area contributed by atoms with Gasteiger partial charge in [0.2, 0.25) is 10.8 Å². The van der Waals surface area contributed by atoms with Gasteiger partial charge in [0.05, 0.1) is 0 Å². The molecule has 7 heteroatoms. The van der Waals surface area contributed by atoms with Crippen LogP contribution in [0, 0.1) is 6.92 Å². The summed E-state index contributed by atoms with van der Waals surface area (Å²) < 4.78 is 7.44. The molecule has 1 saturated heterocycles. The summed E-state index contributed by atoms with van der Waals surface area (Å²) in [5, 5.41) is 14.9. The number of morpholine rings is 1. The molecule has 0 bridgehead atoms. The molecule has 1 aromatic carbocycles. The number of nitrogens with one attached hydrogen (secondary N) is 1. The summed E-state index contributed by atoms with van der Waals surface area (Å²) in [4.78, 5) is 7.27. The molecule has 0 aliphatic carbocycles. The average molecular weight is 359 g/mol. The van der Waals surface area contributed by atoms with E-state index in [9.17, 15) is 5.11 Å². The topological polar surface area (TPSA) is 64.1 Å². The van der Waals surface area contributed by atoms with Crippen molar-refractivity contribution < 1.29 is 14.7 Å². The molecular formula is C18H23N4O2S+. The lowest BCUT2D eigenvalue weighted by atomic mass is 10.0. The molecule has 3 aromatic rings. The molecule has 6 nitrogen and oxygen atoms in total. The van der Waals surface area contributed by atoms with E-state index in [0.29, 0.717) is 0 Å². The van der Waals surface area contributed by atoms with Gasteiger partial charge in [0, 0.05) is 5.56 Å². The van der Waals surface area contributed by atoms with Crippen LogP contribution in [0.15, 0.2) is 30.6 Å². The Kier molecular flexibility index (Phi) is 4.23. The van der Waals surface area contributed by atoms with Crippen LogP contribution in [0.2, 0.25) is 0 Å². The van der Waals surface area contributed by atoms with Gasteiger partial charge in [0.25, 0.3) is 0 Å². The monoisotopic (exact) mass is 359 g/mol. The van der Waals surface area contributed by atoms with Crippen molar-refractivity contribution in [3.8, 4) is 5.88 Å². The normalized spacial score (nSPS) is 25.3. The van der Waals surface area contributed by atoms with Gasteiger partial charge < -0.3 is 14.7 Å². The Morgan fingerprint density at radius 2 is 1.92 bits per heavy atom. The summed E-state index contributed by atoms with van der Waals surface area (Å²) in [5.74, 6) is 0.197. The summed E-state index contributed by atoms with van der Waals surface area (Å²) in [7, 11) is 0. The minimum atomic E-state index is 0.0444. The molecule has 2 N–H and O–H groups in total. The highest BCUT2D eigenvalue weighted by Crippen LogP contribution is 2.34. The number of benzene rings is 1. The number of fused-ring (bicyclic) bond motifs is 1. The molecule has 132 valence electrons. The van der Waals surface area contributed by atoms with E-state index in [2.05, 4.69) is 55.1 Å². The molecule has 0 saturated carbocycles. The van der Waals surface area contributed by atoms with Gasteiger partial charge in [-0.15, -0.1) is 0 Å². The predicted octanol–water partition coefficient (Wildman–Crippen LogP) is 1.59. The molecule has 4 rings (SSSR count). The van der Waals surface area contributed by atoms with Gasteiger partial charge in [-0.05, 0) is 20.8 Å². The van der Waals surface area contributed by atoms with E-state index in [1.807, 2.05) is 0 Å². The maximum absolute atomic E-state index is 10.8. The van der Waals surface area contributed by atoms with E-state index in [4.69, 9.17) is 4.74 Å². The zero-order valence-electron chi connectivity index (χ0n) is 14.6. The van der Waals surface area contributed by atoms with E-state index in [1.165, 1.54) is 38.2 Å². The Hall–Kier alpha value is -1.96. The molecule has 1 fully saturated rings. The second kappa shape index (κ2) is 6.40. The fourth-order valence-electron chi connectivity index (χ4n) is 3.76. The SMILES string of the molecule is Cc1ccc([C@H](c2sc3ncnn3c2O)[NH+]2C[C@@H](C)O[C@H](C)C2)cc1. The zero-order chi connectivity index (χ0) is 17.6. The van der Waals surface area contributed by atoms with Crippen LogP contribution < -0.4 is 4.90 Å². The molecule has 1 aliphatic heterocycles. The predicted molar refractivity (Wildman–Crippen MR) is 96.3 cm³/mol. The van der Waals surface area contributed by atoms with Gasteiger partial charge in [-0.25, -0.2) is 4.98 Å². The minimum Gasteiger partial charge on any atom is -0.492 e. The van der Waals surface area contributed by atoms with Gasteiger partial charge >= 0.3 is 0 Å². The molecule has 25 heavy (non-hydrogen) atoms. The Bertz CT molecular complexity index is 863. The Balaban J connectivity index is 1.81. The number of hydrogen-bond donors (Lipinski definition) is 2. The number of hydrogen-bond acceptors (Lipinski definition) is 5. The molecule has 3 atom stereocenters. The number of rotatable bonds is 3. The van der Waals surface area contributed by atoms with Crippen molar-refractivity contribution in [1.82, 2.24) is 14.6 Å². The molecular weight excluding hydrogens is 336 g/mol. The highest BCUT2D eigenvalue weighted by Gasteiger charge is 2.37. The van der Waals surface area contributed by atoms with E-state index in [1.54, 1.807) is 0 Å². The van der Waals surface area contributed by atoms with Crippen molar-refractivity contribution in [1.29, 1.82) is 0 Å². The first-order valence-corrected chi connectivity index (χ1v) is 9.42. The third-order valence-electron chi connectivity index (χ3n) is 4.78. The summed E-state index contributed by atoms with van der Waals surface area (Å²) in [5.41, 5.74) is 2.43. The van der Waals surface area contributed by atoms with Crippen molar-refractivity contribution in [2.45, 2.75) is 39.0 Å². The largest absolute Gasteiger partial charge is 0.492 e. The zero-order valence-corrected chi connectivity index (χ0v) is 15.5. The molecule has 1 aliphatic rings. The van der Waals surface area contributed by atoms with Crippen LogP contribution >= 0.6 is 11.3 Å². The Labute approximate surface area is 150 Å². The van der Waals surface area contributed by atoms with Crippen molar-refractivity contribution in [3.05, 3.63) is 46.6 Å². The summed E-state index contributed by atoms with van der Waals surface area (Å²) in [6.07, 6.45) is 1.86. The molecule has 0 spiro atoms. The number of aryl methyl sites for hydroxylation is 1. The third kappa shape index (κ3) is 3.03. The lowest BCUT2D eigenvalue weighted by Gasteiger charge is -2.37. The van der Waals surface area contributed by atoms with Crippen molar-refractivity contribution in [3.63, 3.8) is 0 Å². The van der Waals surface area contributed by atoms with E-state index in [-0.39, 0.29) is 24.1 Å². The second-order valence-corrected chi connectivity index (χ2v) is 7.92. The maximum atomic E-state index is 10.8. The van der Waals surface area contributed by atoms with Crippen LogP contribution in [0.25, 0.3) is 4.96 Å². The van der Waals surface area contributed by atoms with Crippen LogP contribution in [-0.4, -0.2) is 45.0 Å². The second-order valence-electron chi connectivity index (χ2n) is 6.91. The lowest BCUT2D eigenvalue weighted by molar-refractivity contribution is -0.939. The first kappa shape index (κ1) is 16.5. The summed E-state index contributed by atoms with van der Waals surface area (Å²) >= 11 is 1.51. The van der Waals surface area contributed by atoms with Crippen LogP contribution in [0.5, 0.6) is 5.88 Å². The minimum absolute atomic E-state index is 0.0444. The number of ether oxygens (including phenoxy) is 1. The number of quaternary nitrogens is 1. The molecule has 3 heterocycles. The number of thiazole rings is 1. The van der Waals surface area contributed by atoms with Crippen molar-refractivity contribution in [2.24, 2.45) is 0 Å². The number of aromatic hydroxyl groups is 1. The van der Waals surface area contributed by atoms with Gasteiger partial charge in [0.15, 0.2) is 6.04 Å². The standard InChI is InChI=1S/C18H22N4O2S/c1-11-4-6-14(7-5-11)15(21-8-12(2)24-13(3)9-21)16-17(23)22-18(25-16)19-10-20-22/h4-7,10,12-13,15,23H,8-9H2,1-3H3/p+1/t12-,13-,15-/m1/s1. The van der Waals surface area contributed by atoms with Crippen LogP contribution in [-0.2, 0) is 4.74 Å². The first-order chi connectivity index (χ1) is 12.0. The van der Waals surface area contributed by atoms with Crippen molar-refractivity contribution >= 4 is 16.3 Å². The highest BCUT2D eigenvalue weighted by molar-refractivity contribution is 7.17.